The average molecular weight is 371 g/mol. The van der Waals surface area contributed by atoms with Crippen molar-refractivity contribution >= 4 is 33.0 Å². The predicted molar refractivity (Wildman–Crippen MR) is 90.0 cm³/mol. The minimum Gasteiger partial charge on any atom is -0.389 e. The van der Waals surface area contributed by atoms with Gasteiger partial charge in [0, 0.05) is 28.0 Å². The van der Waals surface area contributed by atoms with Gasteiger partial charge in [-0.2, -0.15) is 0 Å². The number of thiazole rings is 1. The molecule has 1 heterocycles. The molecule has 1 aromatic heterocycles. The minimum atomic E-state index is -0.522. The molecule has 21 heavy (non-hydrogen) atoms. The van der Waals surface area contributed by atoms with Crippen LogP contribution < -0.4 is 5.32 Å². The van der Waals surface area contributed by atoms with Gasteiger partial charge in [-0.25, -0.2) is 4.98 Å². The second-order valence-corrected chi connectivity index (χ2v) is 6.59. The molecule has 1 aromatic carbocycles. The van der Waals surface area contributed by atoms with Gasteiger partial charge >= 0.3 is 0 Å². The molecule has 1 atom stereocenters. The molecule has 2 rings (SSSR count). The quantitative estimate of drug-likeness (QED) is 0.700. The Morgan fingerprint density at radius 1 is 1.48 bits per heavy atom. The zero-order chi connectivity index (χ0) is 15.1. The first-order chi connectivity index (χ1) is 10.1. The summed E-state index contributed by atoms with van der Waals surface area (Å²) in [5.41, 5.74) is 3.89. The van der Waals surface area contributed by atoms with Crippen molar-refractivity contribution in [3.63, 3.8) is 0 Å². The Morgan fingerprint density at radius 2 is 2.33 bits per heavy atom. The summed E-state index contributed by atoms with van der Waals surface area (Å²) in [5.74, 6) is 0. The largest absolute Gasteiger partial charge is 0.389 e. The van der Waals surface area contributed by atoms with Crippen LogP contribution in [0.4, 0.5) is 5.69 Å². The molecule has 0 saturated heterocycles. The number of hydrogen-bond donors (Lipinski definition) is 2. The standard InChI is InChI=1S/C15H19BrN2O2S/c1-11-15(21-10-18-11)5-6-20-9-14(19)8-17-13-4-2-3-12(16)7-13/h2-4,7,10,14,17,19H,5-6,8-9H2,1H3. The van der Waals surface area contributed by atoms with Gasteiger partial charge in [0.25, 0.3) is 0 Å². The third-order valence-corrected chi connectivity index (χ3v) is 4.48. The highest BCUT2D eigenvalue weighted by Gasteiger charge is 2.06. The summed E-state index contributed by atoms with van der Waals surface area (Å²) in [4.78, 5) is 5.45. The molecule has 0 radical (unpaired) electrons. The molecule has 0 bridgehead atoms. The highest BCUT2D eigenvalue weighted by atomic mass is 79.9. The van der Waals surface area contributed by atoms with Crippen LogP contribution in [0.5, 0.6) is 0 Å². The van der Waals surface area contributed by atoms with Crippen molar-refractivity contribution in [2.45, 2.75) is 19.4 Å². The average Bonchev–Trinajstić information content (AvgIpc) is 2.87. The first-order valence-electron chi connectivity index (χ1n) is 6.79. The Morgan fingerprint density at radius 3 is 3.05 bits per heavy atom. The summed E-state index contributed by atoms with van der Waals surface area (Å²) in [7, 11) is 0. The summed E-state index contributed by atoms with van der Waals surface area (Å²) in [6.07, 6.45) is 0.328. The van der Waals surface area contributed by atoms with Crippen LogP contribution in [0.3, 0.4) is 0 Å². The van der Waals surface area contributed by atoms with Crippen LogP contribution in [-0.4, -0.2) is 36.0 Å². The second-order valence-electron chi connectivity index (χ2n) is 4.73. The number of aliphatic hydroxyl groups is 1. The van der Waals surface area contributed by atoms with E-state index < -0.39 is 6.10 Å². The van der Waals surface area contributed by atoms with Gasteiger partial charge < -0.3 is 15.2 Å². The van der Waals surface area contributed by atoms with Crippen LogP contribution in [0.1, 0.15) is 10.6 Å². The molecule has 1 unspecified atom stereocenters. The van der Waals surface area contributed by atoms with Crippen molar-refractivity contribution in [3.8, 4) is 0 Å². The van der Waals surface area contributed by atoms with Gasteiger partial charge in [-0.15, -0.1) is 11.3 Å². The first-order valence-corrected chi connectivity index (χ1v) is 8.46. The predicted octanol–water partition coefficient (Wildman–Crippen LogP) is 3.25. The third-order valence-electron chi connectivity index (χ3n) is 2.99. The SMILES string of the molecule is Cc1ncsc1CCOCC(O)CNc1cccc(Br)c1. The summed E-state index contributed by atoms with van der Waals surface area (Å²) in [6, 6.07) is 7.85. The smallest absolute Gasteiger partial charge is 0.0945 e. The van der Waals surface area contributed by atoms with Gasteiger partial charge in [0.15, 0.2) is 0 Å². The lowest BCUT2D eigenvalue weighted by Crippen LogP contribution is -2.25. The van der Waals surface area contributed by atoms with Gasteiger partial charge in [-0.1, -0.05) is 22.0 Å². The fourth-order valence-corrected chi connectivity index (χ4v) is 3.01. The van der Waals surface area contributed by atoms with Crippen LogP contribution in [0.2, 0.25) is 0 Å². The van der Waals surface area contributed by atoms with E-state index in [2.05, 4.69) is 26.2 Å². The maximum atomic E-state index is 9.88. The number of benzene rings is 1. The van der Waals surface area contributed by atoms with E-state index in [0.717, 1.165) is 22.3 Å². The molecule has 2 aromatic rings. The summed E-state index contributed by atoms with van der Waals surface area (Å²) in [5, 5.41) is 13.1. The van der Waals surface area contributed by atoms with Crippen LogP contribution in [-0.2, 0) is 11.2 Å². The molecule has 2 N–H and O–H groups in total. The zero-order valence-electron chi connectivity index (χ0n) is 11.9. The molecular weight excluding hydrogens is 352 g/mol. The summed E-state index contributed by atoms with van der Waals surface area (Å²) >= 11 is 5.06. The van der Waals surface area contributed by atoms with Gasteiger partial charge in [0.1, 0.15) is 0 Å². The number of aryl methyl sites for hydroxylation is 1. The third kappa shape index (κ3) is 5.74. The summed E-state index contributed by atoms with van der Waals surface area (Å²) < 4.78 is 6.53. The molecule has 6 heteroatoms. The molecule has 4 nitrogen and oxygen atoms in total. The number of aliphatic hydroxyl groups excluding tert-OH is 1. The van der Waals surface area contributed by atoms with Crippen LogP contribution in [0.15, 0.2) is 34.2 Å². The van der Waals surface area contributed by atoms with Gasteiger partial charge in [-0.05, 0) is 25.1 Å². The number of halogens is 1. The normalized spacial score (nSPS) is 12.3. The zero-order valence-corrected chi connectivity index (χ0v) is 14.3. The van der Waals surface area contributed by atoms with Crippen molar-refractivity contribution < 1.29 is 9.84 Å². The molecule has 0 saturated carbocycles. The number of ether oxygens (including phenoxy) is 1. The molecule has 0 aliphatic heterocycles. The van der Waals surface area contributed by atoms with Crippen molar-refractivity contribution in [1.82, 2.24) is 4.98 Å². The number of rotatable bonds is 8. The Labute approximate surface area is 137 Å². The van der Waals surface area contributed by atoms with Crippen LogP contribution in [0, 0.1) is 6.92 Å². The van der Waals surface area contributed by atoms with Crippen molar-refractivity contribution in [2.75, 3.05) is 25.1 Å². The molecule has 114 valence electrons. The molecular formula is C15H19BrN2O2S. The van der Waals surface area contributed by atoms with E-state index in [9.17, 15) is 5.11 Å². The number of hydrogen-bond acceptors (Lipinski definition) is 5. The molecule has 0 amide bonds. The highest BCUT2D eigenvalue weighted by Crippen LogP contribution is 2.15. The van der Waals surface area contributed by atoms with E-state index in [1.807, 2.05) is 36.7 Å². The van der Waals surface area contributed by atoms with E-state index in [4.69, 9.17) is 4.74 Å². The topological polar surface area (TPSA) is 54.4 Å². The number of anilines is 1. The van der Waals surface area contributed by atoms with Crippen LogP contribution >= 0.6 is 27.3 Å². The lowest BCUT2D eigenvalue weighted by atomic mass is 10.3. The van der Waals surface area contributed by atoms with E-state index >= 15 is 0 Å². The second kappa shape index (κ2) is 8.48. The van der Waals surface area contributed by atoms with Gasteiger partial charge in [0.05, 0.1) is 30.5 Å². The van der Waals surface area contributed by atoms with Crippen molar-refractivity contribution in [3.05, 3.63) is 44.8 Å². The minimum absolute atomic E-state index is 0.332. The Hall–Kier alpha value is -0.950. The lowest BCUT2D eigenvalue weighted by Gasteiger charge is -2.13. The number of nitrogens with zero attached hydrogens (tertiary/aromatic N) is 1. The Balaban J connectivity index is 1.61. The van der Waals surface area contributed by atoms with E-state index in [1.54, 1.807) is 11.3 Å². The monoisotopic (exact) mass is 370 g/mol. The molecule has 0 fully saturated rings. The Kier molecular flexibility index (Phi) is 6.63. The maximum absolute atomic E-state index is 9.88. The van der Waals surface area contributed by atoms with E-state index in [0.29, 0.717) is 19.8 Å². The Bertz CT molecular complexity index is 562. The van der Waals surface area contributed by atoms with Gasteiger partial charge in [-0.3, -0.25) is 0 Å². The highest BCUT2D eigenvalue weighted by molar-refractivity contribution is 9.10. The lowest BCUT2D eigenvalue weighted by molar-refractivity contribution is 0.0449. The molecule has 0 aliphatic rings. The fraction of sp³-hybridized carbons (Fsp3) is 0.400. The van der Waals surface area contributed by atoms with Crippen molar-refractivity contribution in [2.24, 2.45) is 0 Å². The van der Waals surface area contributed by atoms with Crippen molar-refractivity contribution in [1.29, 1.82) is 0 Å². The van der Waals surface area contributed by atoms with E-state index in [-0.39, 0.29) is 0 Å². The molecule has 0 aliphatic carbocycles. The fourth-order valence-electron chi connectivity index (χ4n) is 1.84. The van der Waals surface area contributed by atoms with E-state index in [1.165, 1.54) is 4.88 Å². The number of aromatic nitrogens is 1. The van der Waals surface area contributed by atoms with Gasteiger partial charge in [0.2, 0.25) is 0 Å². The first kappa shape index (κ1) is 16.4. The maximum Gasteiger partial charge on any atom is 0.0945 e. The molecule has 0 spiro atoms. The van der Waals surface area contributed by atoms with Crippen LogP contribution in [0.25, 0.3) is 0 Å². The number of nitrogens with one attached hydrogen (secondary N) is 1. The summed E-state index contributed by atoms with van der Waals surface area (Å²) in [6.45, 7) is 3.41.